The van der Waals surface area contributed by atoms with Gasteiger partial charge in [-0.05, 0) is 17.5 Å². The summed E-state index contributed by atoms with van der Waals surface area (Å²) in [5, 5.41) is 1.91. The maximum Gasteiger partial charge on any atom is 0.471 e. The van der Waals surface area contributed by atoms with E-state index in [1.165, 1.54) is 12.1 Å². The van der Waals surface area contributed by atoms with Crippen LogP contribution in [0, 0.1) is 0 Å². The highest BCUT2D eigenvalue weighted by Gasteiger charge is 2.42. The van der Waals surface area contributed by atoms with E-state index in [9.17, 15) is 22.4 Å². The lowest BCUT2D eigenvalue weighted by atomic mass is 9.86. The first kappa shape index (κ1) is 14.3. The third-order valence-corrected chi connectivity index (χ3v) is 3.85. The summed E-state index contributed by atoms with van der Waals surface area (Å²) in [5.74, 6) is -2.01. The van der Waals surface area contributed by atoms with Gasteiger partial charge in [0.1, 0.15) is 6.17 Å². The molecule has 0 bridgehead atoms. The Morgan fingerprint density at radius 1 is 1.26 bits per heavy atom. The predicted octanol–water partition coefficient (Wildman–Crippen LogP) is 3.58. The number of hydrogen-bond acceptors (Lipinski definition) is 1. The van der Waals surface area contributed by atoms with Crippen molar-refractivity contribution in [3.63, 3.8) is 0 Å². The molecule has 1 aliphatic carbocycles. The van der Waals surface area contributed by atoms with E-state index in [1.807, 2.05) is 5.32 Å². The van der Waals surface area contributed by atoms with Gasteiger partial charge in [-0.25, -0.2) is 4.39 Å². The van der Waals surface area contributed by atoms with Crippen molar-refractivity contribution in [1.29, 1.82) is 0 Å². The first-order chi connectivity index (χ1) is 8.80. The average Bonchev–Trinajstić information content (AvgIpc) is 2.34. The molecule has 0 heterocycles. The Hall–Kier alpha value is -1.11. The van der Waals surface area contributed by atoms with E-state index >= 15 is 0 Å². The van der Waals surface area contributed by atoms with Gasteiger partial charge in [0.15, 0.2) is 0 Å². The zero-order chi connectivity index (χ0) is 14.2. The van der Waals surface area contributed by atoms with Crippen LogP contribution in [0.4, 0.5) is 17.6 Å². The van der Waals surface area contributed by atoms with Crippen molar-refractivity contribution in [2.75, 3.05) is 0 Å². The van der Waals surface area contributed by atoms with E-state index in [0.29, 0.717) is 11.1 Å². The normalized spacial score (nSPS) is 26.7. The third kappa shape index (κ3) is 2.91. The second-order valence-corrected chi connectivity index (χ2v) is 5.48. The molecule has 19 heavy (non-hydrogen) atoms. The molecular weight excluding hydrogens is 330 g/mol. The van der Waals surface area contributed by atoms with Crippen LogP contribution >= 0.6 is 15.9 Å². The number of rotatable bonds is 1. The fourth-order valence-electron chi connectivity index (χ4n) is 2.12. The number of nitrogens with one attached hydrogen (secondary N) is 1. The number of carbonyl (C=O) groups is 1. The molecule has 7 heteroatoms. The third-order valence-electron chi connectivity index (χ3n) is 3.01. The van der Waals surface area contributed by atoms with Crippen molar-refractivity contribution in [2.45, 2.75) is 29.6 Å². The van der Waals surface area contributed by atoms with Crippen molar-refractivity contribution >= 4 is 21.8 Å². The summed E-state index contributed by atoms with van der Waals surface area (Å²) in [6.45, 7) is 0. The summed E-state index contributed by atoms with van der Waals surface area (Å²) in [6.07, 6.45) is -6.17. The molecule has 104 valence electrons. The molecule has 2 rings (SSSR count). The lowest BCUT2D eigenvalue weighted by Gasteiger charge is -2.32. The number of fused-ring (bicyclic) bond motifs is 1. The predicted molar refractivity (Wildman–Crippen MR) is 64.6 cm³/mol. The molecule has 0 fully saturated rings. The number of alkyl halides is 5. The second kappa shape index (κ2) is 5.11. The van der Waals surface area contributed by atoms with Crippen LogP contribution in [-0.2, 0) is 4.79 Å². The van der Waals surface area contributed by atoms with Gasteiger partial charge in [0.25, 0.3) is 0 Å². The molecule has 1 aliphatic rings. The Morgan fingerprint density at radius 2 is 1.84 bits per heavy atom. The Bertz CT molecular complexity index is 491. The summed E-state index contributed by atoms with van der Waals surface area (Å²) >= 11 is 3.10. The van der Waals surface area contributed by atoms with Crippen LogP contribution < -0.4 is 5.32 Å². The first-order valence-corrected chi connectivity index (χ1v) is 6.47. The van der Waals surface area contributed by atoms with Crippen molar-refractivity contribution in [2.24, 2.45) is 0 Å². The fourth-order valence-corrected chi connectivity index (χ4v) is 2.78. The Morgan fingerprint density at radius 3 is 2.42 bits per heavy atom. The molecule has 0 unspecified atom stereocenters. The molecule has 0 saturated carbocycles. The van der Waals surface area contributed by atoms with Crippen molar-refractivity contribution < 1.29 is 22.4 Å². The lowest BCUT2D eigenvalue weighted by molar-refractivity contribution is -0.174. The zero-order valence-corrected chi connectivity index (χ0v) is 11.1. The Kier molecular flexibility index (Phi) is 3.85. The van der Waals surface area contributed by atoms with Crippen LogP contribution in [-0.4, -0.2) is 16.9 Å². The van der Waals surface area contributed by atoms with Gasteiger partial charge >= 0.3 is 12.1 Å². The van der Waals surface area contributed by atoms with Crippen LogP contribution in [0.1, 0.15) is 29.8 Å². The standard InChI is InChI=1S/C12H10BrF4NO/c13-8-5-9(18-11(19)12(15,16)17)6-3-1-2-4-7(6)10(8)14/h1-4,8-10H,5H2,(H,18,19)/t8-,9-,10-/m0/s1. The van der Waals surface area contributed by atoms with Gasteiger partial charge < -0.3 is 5.32 Å². The number of halogens is 5. The molecule has 1 aromatic rings. The maximum atomic E-state index is 13.9. The van der Waals surface area contributed by atoms with Crippen molar-refractivity contribution in [1.82, 2.24) is 5.32 Å². The Labute approximate surface area is 115 Å². The van der Waals surface area contributed by atoms with Crippen molar-refractivity contribution in [3.05, 3.63) is 35.4 Å². The first-order valence-electron chi connectivity index (χ1n) is 5.55. The summed E-state index contributed by atoms with van der Waals surface area (Å²) in [4.78, 5) is 10.4. The van der Waals surface area contributed by atoms with Gasteiger partial charge in [0.2, 0.25) is 0 Å². The molecule has 1 amide bonds. The molecule has 0 saturated heterocycles. The molecule has 1 aromatic carbocycles. The summed E-state index contributed by atoms with van der Waals surface area (Å²) < 4.78 is 50.7. The maximum absolute atomic E-state index is 13.9. The number of amides is 1. The van der Waals surface area contributed by atoms with Gasteiger partial charge in [-0.1, -0.05) is 40.2 Å². The molecule has 0 aromatic heterocycles. The van der Waals surface area contributed by atoms with Crippen LogP contribution in [0.15, 0.2) is 24.3 Å². The second-order valence-electron chi connectivity index (χ2n) is 4.31. The van der Waals surface area contributed by atoms with Gasteiger partial charge in [0, 0.05) is 0 Å². The molecule has 0 spiro atoms. The zero-order valence-electron chi connectivity index (χ0n) is 9.55. The van der Waals surface area contributed by atoms with E-state index in [2.05, 4.69) is 15.9 Å². The van der Waals surface area contributed by atoms with Gasteiger partial charge in [-0.15, -0.1) is 0 Å². The summed E-state index contributed by atoms with van der Waals surface area (Å²) in [6, 6.07) is 5.41. The molecule has 3 atom stereocenters. The monoisotopic (exact) mass is 339 g/mol. The Balaban J connectivity index is 2.28. The van der Waals surface area contributed by atoms with E-state index in [1.54, 1.807) is 12.1 Å². The molecule has 0 aliphatic heterocycles. The number of carbonyl (C=O) groups excluding carboxylic acids is 1. The van der Waals surface area contributed by atoms with Gasteiger partial charge in [-0.2, -0.15) is 13.2 Å². The van der Waals surface area contributed by atoms with Crippen LogP contribution in [0.5, 0.6) is 0 Å². The van der Waals surface area contributed by atoms with Crippen molar-refractivity contribution in [3.8, 4) is 0 Å². The highest BCUT2D eigenvalue weighted by atomic mass is 79.9. The number of benzene rings is 1. The minimum atomic E-state index is -4.94. The highest BCUT2D eigenvalue weighted by molar-refractivity contribution is 9.09. The van der Waals surface area contributed by atoms with Gasteiger partial charge in [-0.3, -0.25) is 4.79 Å². The molecule has 1 N–H and O–H groups in total. The minimum Gasteiger partial charge on any atom is -0.341 e. The summed E-state index contributed by atoms with van der Waals surface area (Å²) in [5.41, 5.74) is 0.700. The SMILES string of the molecule is O=C(N[C@H]1C[C@H](Br)[C@@H](F)c2ccccc21)C(F)(F)F. The summed E-state index contributed by atoms with van der Waals surface area (Å²) in [7, 11) is 0. The van der Waals surface area contributed by atoms with E-state index in [4.69, 9.17) is 0 Å². The molecule has 2 nitrogen and oxygen atoms in total. The van der Waals surface area contributed by atoms with E-state index < -0.39 is 29.1 Å². The topological polar surface area (TPSA) is 29.1 Å². The average molecular weight is 340 g/mol. The quantitative estimate of drug-likeness (QED) is 0.615. The fraction of sp³-hybridized carbons (Fsp3) is 0.417. The minimum absolute atomic E-state index is 0.0694. The van der Waals surface area contributed by atoms with Crippen LogP contribution in [0.3, 0.4) is 0 Å². The smallest absolute Gasteiger partial charge is 0.341 e. The molecular formula is C12H10BrF4NO. The number of hydrogen-bond donors (Lipinski definition) is 1. The highest BCUT2D eigenvalue weighted by Crippen LogP contribution is 2.42. The molecule has 0 radical (unpaired) electrons. The van der Waals surface area contributed by atoms with Crippen LogP contribution in [0.25, 0.3) is 0 Å². The van der Waals surface area contributed by atoms with E-state index in [0.717, 1.165) is 0 Å². The lowest BCUT2D eigenvalue weighted by Crippen LogP contribution is -2.41. The largest absolute Gasteiger partial charge is 0.471 e. The van der Waals surface area contributed by atoms with Crippen LogP contribution in [0.2, 0.25) is 0 Å². The van der Waals surface area contributed by atoms with Gasteiger partial charge in [0.05, 0.1) is 10.9 Å². The van der Waals surface area contributed by atoms with E-state index in [-0.39, 0.29) is 6.42 Å².